The number of ether oxygens (including phenoxy) is 1. The number of carbonyl (C=O) groups is 2. The Balaban J connectivity index is 3.05. The number of hydrogen-bond acceptors (Lipinski definition) is 5. The second kappa shape index (κ2) is 4.92. The monoisotopic (exact) mass is 240 g/mol. The van der Waals surface area contributed by atoms with Crippen LogP contribution in [0.25, 0.3) is 0 Å². The Morgan fingerprint density at radius 3 is 2.59 bits per heavy atom. The summed E-state index contributed by atoms with van der Waals surface area (Å²) in [6.07, 6.45) is 0. The SMILES string of the molecule is NC(=O)COc1ccc([N+](=O)[O-])c(C(=O)O)c1. The van der Waals surface area contributed by atoms with E-state index in [1.165, 1.54) is 6.07 Å². The van der Waals surface area contributed by atoms with Crippen molar-refractivity contribution in [2.24, 2.45) is 5.73 Å². The van der Waals surface area contributed by atoms with Crippen molar-refractivity contribution in [3.8, 4) is 5.75 Å². The summed E-state index contributed by atoms with van der Waals surface area (Å²) in [7, 11) is 0. The van der Waals surface area contributed by atoms with E-state index in [1.807, 2.05) is 0 Å². The van der Waals surface area contributed by atoms with Crippen LogP contribution in [0.2, 0.25) is 0 Å². The summed E-state index contributed by atoms with van der Waals surface area (Å²) in [4.78, 5) is 30.9. The van der Waals surface area contributed by atoms with Crippen molar-refractivity contribution in [2.45, 2.75) is 0 Å². The van der Waals surface area contributed by atoms with Crippen LogP contribution in [0.5, 0.6) is 5.75 Å². The maximum absolute atomic E-state index is 10.8. The molecule has 17 heavy (non-hydrogen) atoms. The molecule has 90 valence electrons. The number of hydrogen-bond donors (Lipinski definition) is 2. The van der Waals surface area contributed by atoms with Crippen LogP contribution in [-0.2, 0) is 4.79 Å². The maximum atomic E-state index is 10.8. The van der Waals surface area contributed by atoms with Crippen LogP contribution in [-0.4, -0.2) is 28.5 Å². The molecule has 0 atom stereocenters. The molecule has 0 saturated heterocycles. The predicted molar refractivity (Wildman–Crippen MR) is 54.7 cm³/mol. The zero-order valence-electron chi connectivity index (χ0n) is 8.45. The van der Waals surface area contributed by atoms with Crippen molar-refractivity contribution in [3.63, 3.8) is 0 Å². The van der Waals surface area contributed by atoms with Gasteiger partial charge in [-0.1, -0.05) is 0 Å². The highest BCUT2D eigenvalue weighted by atomic mass is 16.6. The Bertz CT molecular complexity index is 484. The Labute approximate surface area is 94.7 Å². The minimum atomic E-state index is -1.46. The zero-order chi connectivity index (χ0) is 13.0. The van der Waals surface area contributed by atoms with E-state index in [-0.39, 0.29) is 5.75 Å². The Hall–Kier alpha value is -2.64. The first kappa shape index (κ1) is 12.4. The molecule has 0 aliphatic heterocycles. The topological polar surface area (TPSA) is 133 Å². The molecule has 1 aromatic rings. The fraction of sp³-hybridized carbons (Fsp3) is 0.111. The van der Waals surface area contributed by atoms with Gasteiger partial charge in [-0.25, -0.2) is 4.79 Å². The first-order chi connectivity index (χ1) is 7.91. The highest BCUT2D eigenvalue weighted by molar-refractivity contribution is 5.92. The van der Waals surface area contributed by atoms with Crippen molar-refractivity contribution in [1.82, 2.24) is 0 Å². The van der Waals surface area contributed by atoms with E-state index in [0.29, 0.717) is 0 Å². The van der Waals surface area contributed by atoms with Crippen LogP contribution in [0.1, 0.15) is 10.4 Å². The van der Waals surface area contributed by atoms with E-state index in [4.69, 9.17) is 15.6 Å². The van der Waals surface area contributed by atoms with Gasteiger partial charge in [-0.05, 0) is 6.07 Å². The molecule has 0 aliphatic rings. The summed E-state index contributed by atoms with van der Waals surface area (Å²) in [6.45, 7) is -0.434. The minimum Gasteiger partial charge on any atom is -0.484 e. The fourth-order valence-corrected chi connectivity index (χ4v) is 1.09. The summed E-state index contributed by atoms with van der Waals surface area (Å²) in [6, 6.07) is 3.14. The summed E-state index contributed by atoms with van der Waals surface area (Å²) in [5.74, 6) is -2.17. The number of carbonyl (C=O) groups excluding carboxylic acids is 1. The second-order valence-corrected chi connectivity index (χ2v) is 3.00. The Morgan fingerprint density at radius 2 is 2.12 bits per heavy atom. The molecule has 0 bridgehead atoms. The maximum Gasteiger partial charge on any atom is 0.342 e. The van der Waals surface area contributed by atoms with Gasteiger partial charge in [0.25, 0.3) is 11.6 Å². The molecule has 8 heteroatoms. The van der Waals surface area contributed by atoms with Crippen LogP contribution in [0, 0.1) is 10.1 Å². The first-order valence-corrected chi connectivity index (χ1v) is 4.34. The Morgan fingerprint density at radius 1 is 1.47 bits per heavy atom. The molecule has 0 fully saturated rings. The second-order valence-electron chi connectivity index (χ2n) is 3.00. The number of nitrogens with two attached hydrogens (primary N) is 1. The molecule has 0 spiro atoms. The minimum absolute atomic E-state index is 0.0202. The third-order valence-electron chi connectivity index (χ3n) is 1.78. The van der Waals surface area contributed by atoms with E-state index in [2.05, 4.69) is 0 Å². The molecule has 3 N–H and O–H groups in total. The number of rotatable bonds is 5. The van der Waals surface area contributed by atoms with Crippen molar-refractivity contribution in [3.05, 3.63) is 33.9 Å². The van der Waals surface area contributed by atoms with Crippen molar-refractivity contribution in [2.75, 3.05) is 6.61 Å². The number of carboxylic acids is 1. The Kier molecular flexibility index (Phi) is 3.60. The lowest BCUT2D eigenvalue weighted by Gasteiger charge is -2.04. The smallest absolute Gasteiger partial charge is 0.342 e. The lowest BCUT2D eigenvalue weighted by molar-refractivity contribution is -0.385. The highest BCUT2D eigenvalue weighted by Crippen LogP contribution is 2.23. The van der Waals surface area contributed by atoms with Crippen molar-refractivity contribution >= 4 is 17.6 Å². The molecule has 0 aromatic heterocycles. The number of nitrogens with zero attached hydrogens (tertiary/aromatic N) is 1. The van der Waals surface area contributed by atoms with Crippen LogP contribution in [0.15, 0.2) is 18.2 Å². The van der Waals surface area contributed by atoms with Gasteiger partial charge in [0.1, 0.15) is 11.3 Å². The van der Waals surface area contributed by atoms with Crippen molar-refractivity contribution in [1.29, 1.82) is 0 Å². The predicted octanol–water partition coefficient (Wildman–Crippen LogP) is 0.157. The summed E-state index contributed by atoms with van der Waals surface area (Å²) >= 11 is 0. The molecule has 1 aromatic carbocycles. The van der Waals surface area contributed by atoms with Gasteiger partial charge in [-0.15, -0.1) is 0 Å². The molecular formula is C9H8N2O6. The van der Waals surface area contributed by atoms with Gasteiger partial charge >= 0.3 is 5.97 Å². The van der Waals surface area contributed by atoms with E-state index >= 15 is 0 Å². The third-order valence-corrected chi connectivity index (χ3v) is 1.78. The average Bonchev–Trinajstić information content (AvgIpc) is 2.25. The molecule has 0 radical (unpaired) electrons. The molecule has 0 aliphatic carbocycles. The molecule has 1 amide bonds. The zero-order valence-corrected chi connectivity index (χ0v) is 8.45. The standard InChI is InChI=1S/C9H8N2O6/c10-8(12)4-17-5-1-2-7(11(15)16)6(3-5)9(13)14/h1-3H,4H2,(H2,10,12)(H,13,14). The first-order valence-electron chi connectivity index (χ1n) is 4.34. The number of nitro benzene ring substituents is 1. The van der Waals surface area contributed by atoms with Gasteiger partial charge in [0, 0.05) is 12.1 Å². The van der Waals surface area contributed by atoms with Gasteiger partial charge in [-0.3, -0.25) is 14.9 Å². The molecule has 1 rings (SSSR count). The number of nitro groups is 1. The summed E-state index contributed by atoms with van der Waals surface area (Å²) in [5.41, 5.74) is 3.76. The fourth-order valence-electron chi connectivity index (χ4n) is 1.09. The van der Waals surface area contributed by atoms with E-state index < -0.39 is 34.7 Å². The third kappa shape index (κ3) is 3.16. The van der Waals surface area contributed by atoms with E-state index in [1.54, 1.807) is 0 Å². The van der Waals surface area contributed by atoms with Crippen LogP contribution in [0.3, 0.4) is 0 Å². The quantitative estimate of drug-likeness (QED) is 0.556. The number of amides is 1. The number of carboxylic acid groups (broad SMARTS) is 1. The van der Waals surface area contributed by atoms with Gasteiger partial charge in [0.2, 0.25) is 0 Å². The normalized spacial score (nSPS) is 9.65. The number of primary amides is 1. The molecule has 0 unspecified atom stereocenters. The number of aromatic carboxylic acids is 1. The van der Waals surface area contributed by atoms with Crippen LogP contribution in [0.4, 0.5) is 5.69 Å². The highest BCUT2D eigenvalue weighted by Gasteiger charge is 2.20. The van der Waals surface area contributed by atoms with Gasteiger partial charge < -0.3 is 15.6 Å². The number of benzene rings is 1. The van der Waals surface area contributed by atoms with Crippen LogP contribution >= 0.6 is 0 Å². The molecular weight excluding hydrogens is 232 g/mol. The van der Waals surface area contributed by atoms with E-state index in [0.717, 1.165) is 12.1 Å². The molecule has 0 saturated carbocycles. The molecule has 8 nitrogen and oxygen atoms in total. The van der Waals surface area contributed by atoms with E-state index in [9.17, 15) is 19.7 Å². The lowest BCUT2D eigenvalue weighted by Crippen LogP contribution is -2.20. The van der Waals surface area contributed by atoms with Crippen molar-refractivity contribution < 1.29 is 24.4 Å². The van der Waals surface area contributed by atoms with Crippen LogP contribution < -0.4 is 10.5 Å². The average molecular weight is 240 g/mol. The van der Waals surface area contributed by atoms with Gasteiger partial charge in [0.15, 0.2) is 6.61 Å². The summed E-state index contributed by atoms with van der Waals surface area (Å²) in [5, 5.41) is 19.3. The summed E-state index contributed by atoms with van der Waals surface area (Å²) < 4.78 is 4.83. The largest absolute Gasteiger partial charge is 0.484 e. The molecule has 0 heterocycles. The van der Waals surface area contributed by atoms with Gasteiger partial charge in [-0.2, -0.15) is 0 Å². The van der Waals surface area contributed by atoms with Gasteiger partial charge in [0.05, 0.1) is 4.92 Å². The lowest BCUT2D eigenvalue weighted by atomic mass is 10.1.